The summed E-state index contributed by atoms with van der Waals surface area (Å²) in [6.07, 6.45) is 0.805. The van der Waals surface area contributed by atoms with Crippen molar-refractivity contribution >= 4 is 17.0 Å². The molecule has 0 saturated heterocycles. The summed E-state index contributed by atoms with van der Waals surface area (Å²) in [6.45, 7) is 0.693. The third-order valence-electron chi connectivity index (χ3n) is 3.83. The van der Waals surface area contributed by atoms with E-state index in [-0.39, 0.29) is 12.7 Å². The third-order valence-corrected chi connectivity index (χ3v) is 3.83. The average Bonchev–Trinajstić information content (AvgIpc) is 3.23. The minimum atomic E-state index is -0.0464. The maximum absolute atomic E-state index is 12.0. The summed E-state index contributed by atoms with van der Waals surface area (Å²) in [4.78, 5) is 16.4. The first-order chi connectivity index (χ1) is 11.8. The molecule has 2 heterocycles. The molecule has 6 heteroatoms. The minimum absolute atomic E-state index is 0.0464. The zero-order valence-corrected chi connectivity index (χ0v) is 13.0. The van der Waals surface area contributed by atoms with E-state index in [1.54, 1.807) is 0 Å². The minimum Gasteiger partial charge on any atom is -0.454 e. The molecule has 6 nitrogen and oxygen atoms in total. The van der Waals surface area contributed by atoms with E-state index in [9.17, 15) is 4.79 Å². The fourth-order valence-corrected chi connectivity index (χ4v) is 2.59. The van der Waals surface area contributed by atoms with Gasteiger partial charge in [0.25, 0.3) is 0 Å². The molecule has 0 unspecified atom stereocenters. The number of para-hydroxylation sites is 2. The number of carbonyl (C=O) groups excluding carboxylic acids is 1. The molecule has 0 fully saturated rings. The highest BCUT2D eigenvalue weighted by molar-refractivity contribution is 5.76. The van der Waals surface area contributed by atoms with E-state index in [0.717, 1.165) is 22.4 Å². The lowest BCUT2D eigenvalue weighted by atomic mass is 10.2. The van der Waals surface area contributed by atoms with Gasteiger partial charge in [-0.3, -0.25) is 4.79 Å². The number of oxazole rings is 1. The molecule has 0 bridgehead atoms. The molecule has 0 saturated carbocycles. The third kappa shape index (κ3) is 3.03. The second-order valence-corrected chi connectivity index (χ2v) is 5.54. The van der Waals surface area contributed by atoms with Crippen molar-refractivity contribution in [3.63, 3.8) is 0 Å². The Labute approximate surface area is 138 Å². The van der Waals surface area contributed by atoms with E-state index in [2.05, 4.69) is 10.3 Å². The fraction of sp³-hybridized carbons (Fsp3) is 0.222. The first-order valence-corrected chi connectivity index (χ1v) is 7.77. The smallest absolute Gasteiger partial charge is 0.231 e. The van der Waals surface area contributed by atoms with Crippen LogP contribution in [0.5, 0.6) is 11.5 Å². The molecule has 1 aliphatic rings. The van der Waals surface area contributed by atoms with Crippen LogP contribution < -0.4 is 14.8 Å². The summed E-state index contributed by atoms with van der Waals surface area (Å²) < 4.78 is 16.2. The molecular weight excluding hydrogens is 308 g/mol. The summed E-state index contributed by atoms with van der Waals surface area (Å²) in [5.41, 5.74) is 2.52. The number of hydrogen-bond donors (Lipinski definition) is 1. The van der Waals surface area contributed by atoms with Crippen LogP contribution in [0.3, 0.4) is 0 Å². The summed E-state index contributed by atoms with van der Waals surface area (Å²) in [7, 11) is 0. The van der Waals surface area contributed by atoms with Crippen LogP contribution in [0.25, 0.3) is 11.1 Å². The van der Waals surface area contributed by atoms with Gasteiger partial charge in [-0.25, -0.2) is 4.98 Å². The molecule has 0 atom stereocenters. The SMILES string of the molecule is O=C(CCc1nc2ccccc2o1)NCc1ccc2c(c1)OCO2. The van der Waals surface area contributed by atoms with E-state index in [1.165, 1.54) is 0 Å². The molecule has 1 amide bonds. The predicted octanol–water partition coefficient (Wildman–Crippen LogP) is 2.81. The predicted molar refractivity (Wildman–Crippen MR) is 86.7 cm³/mol. The number of nitrogens with one attached hydrogen (secondary N) is 1. The van der Waals surface area contributed by atoms with Gasteiger partial charge >= 0.3 is 0 Å². The molecule has 24 heavy (non-hydrogen) atoms. The second-order valence-electron chi connectivity index (χ2n) is 5.54. The van der Waals surface area contributed by atoms with Crippen molar-refractivity contribution < 1.29 is 18.7 Å². The lowest BCUT2D eigenvalue weighted by molar-refractivity contribution is -0.121. The molecule has 0 radical (unpaired) electrons. The van der Waals surface area contributed by atoms with Gasteiger partial charge in [-0.15, -0.1) is 0 Å². The van der Waals surface area contributed by atoms with Gasteiger partial charge in [0.05, 0.1) is 0 Å². The highest BCUT2D eigenvalue weighted by Crippen LogP contribution is 2.32. The Morgan fingerprint density at radius 1 is 1.12 bits per heavy atom. The molecular formula is C18H16N2O4. The number of aromatic nitrogens is 1. The van der Waals surface area contributed by atoms with Gasteiger partial charge < -0.3 is 19.2 Å². The summed E-state index contributed by atoms with van der Waals surface area (Å²) in [5.74, 6) is 1.98. The van der Waals surface area contributed by atoms with Crippen molar-refractivity contribution in [3.05, 3.63) is 53.9 Å². The van der Waals surface area contributed by atoms with Gasteiger partial charge in [-0.2, -0.15) is 0 Å². The van der Waals surface area contributed by atoms with Crippen LogP contribution in [0.4, 0.5) is 0 Å². The normalized spacial score (nSPS) is 12.5. The summed E-state index contributed by atoms with van der Waals surface area (Å²) >= 11 is 0. The number of rotatable bonds is 5. The number of benzene rings is 2. The Kier molecular flexibility index (Phi) is 3.78. The molecule has 1 aromatic heterocycles. The van der Waals surface area contributed by atoms with Crippen LogP contribution in [-0.2, 0) is 17.8 Å². The van der Waals surface area contributed by atoms with Crippen LogP contribution in [0.1, 0.15) is 17.9 Å². The monoisotopic (exact) mass is 324 g/mol. The van der Waals surface area contributed by atoms with Crippen molar-refractivity contribution in [3.8, 4) is 11.5 Å². The lowest BCUT2D eigenvalue weighted by Crippen LogP contribution is -2.23. The van der Waals surface area contributed by atoms with Crippen molar-refractivity contribution in [2.24, 2.45) is 0 Å². The van der Waals surface area contributed by atoms with E-state index in [0.29, 0.717) is 31.0 Å². The van der Waals surface area contributed by atoms with Crippen LogP contribution >= 0.6 is 0 Å². The number of fused-ring (bicyclic) bond motifs is 2. The molecule has 0 spiro atoms. The summed E-state index contributed by atoms with van der Waals surface area (Å²) in [6, 6.07) is 13.2. The highest BCUT2D eigenvalue weighted by Gasteiger charge is 2.13. The van der Waals surface area contributed by atoms with Crippen LogP contribution in [0, 0.1) is 0 Å². The highest BCUT2D eigenvalue weighted by atomic mass is 16.7. The average molecular weight is 324 g/mol. The van der Waals surface area contributed by atoms with Gasteiger partial charge in [0.15, 0.2) is 23.0 Å². The van der Waals surface area contributed by atoms with Crippen molar-refractivity contribution in [2.75, 3.05) is 6.79 Å². The molecule has 3 aromatic rings. The van der Waals surface area contributed by atoms with Gasteiger partial charge in [0.2, 0.25) is 12.7 Å². The second kappa shape index (κ2) is 6.23. The van der Waals surface area contributed by atoms with E-state index < -0.39 is 0 Å². The number of ether oxygens (including phenoxy) is 2. The summed E-state index contributed by atoms with van der Waals surface area (Å²) in [5, 5.41) is 2.89. The first kappa shape index (κ1) is 14.6. The van der Waals surface area contributed by atoms with Crippen LogP contribution in [-0.4, -0.2) is 17.7 Å². The zero-order chi connectivity index (χ0) is 16.4. The molecule has 0 aliphatic carbocycles. The largest absolute Gasteiger partial charge is 0.454 e. The van der Waals surface area contributed by atoms with Gasteiger partial charge in [0, 0.05) is 19.4 Å². The quantitative estimate of drug-likeness (QED) is 0.781. The van der Waals surface area contributed by atoms with Crippen LogP contribution in [0.2, 0.25) is 0 Å². The first-order valence-electron chi connectivity index (χ1n) is 7.77. The van der Waals surface area contributed by atoms with Crippen molar-refractivity contribution in [2.45, 2.75) is 19.4 Å². The van der Waals surface area contributed by atoms with E-state index >= 15 is 0 Å². The van der Waals surface area contributed by atoms with Crippen molar-refractivity contribution in [1.29, 1.82) is 0 Å². The van der Waals surface area contributed by atoms with E-state index in [1.807, 2.05) is 42.5 Å². The Hall–Kier alpha value is -3.02. The topological polar surface area (TPSA) is 73.6 Å². The molecule has 1 N–H and O–H groups in total. The Morgan fingerprint density at radius 2 is 2.00 bits per heavy atom. The number of amides is 1. The maximum atomic E-state index is 12.0. The lowest BCUT2D eigenvalue weighted by Gasteiger charge is -2.05. The molecule has 4 rings (SSSR count). The number of hydrogen-bond acceptors (Lipinski definition) is 5. The number of nitrogens with zero attached hydrogens (tertiary/aromatic N) is 1. The number of aryl methyl sites for hydroxylation is 1. The maximum Gasteiger partial charge on any atom is 0.231 e. The molecule has 122 valence electrons. The fourth-order valence-electron chi connectivity index (χ4n) is 2.59. The standard InChI is InChI=1S/C18H16N2O4/c21-17(7-8-18-20-13-3-1-2-4-14(13)24-18)19-10-12-5-6-15-16(9-12)23-11-22-15/h1-6,9H,7-8,10-11H2,(H,19,21). The number of carbonyl (C=O) groups is 1. The van der Waals surface area contributed by atoms with Gasteiger partial charge in [-0.1, -0.05) is 18.2 Å². The van der Waals surface area contributed by atoms with E-state index in [4.69, 9.17) is 13.9 Å². The molecule has 1 aliphatic heterocycles. The van der Waals surface area contributed by atoms with Crippen molar-refractivity contribution in [1.82, 2.24) is 10.3 Å². The van der Waals surface area contributed by atoms with Gasteiger partial charge in [-0.05, 0) is 29.8 Å². The Bertz CT molecular complexity index is 855. The Balaban J connectivity index is 1.30. The Morgan fingerprint density at radius 3 is 2.92 bits per heavy atom. The molecule has 2 aromatic carbocycles. The van der Waals surface area contributed by atoms with Gasteiger partial charge in [0.1, 0.15) is 5.52 Å². The van der Waals surface area contributed by atoms with Crippen LogP contribution in [0.15, 0.2) is 46.9 Å². The zero-order valence-electron chi connectivity index (χ0n) is 13.0.